The molecule has 146 valence electrons. The summed E-state index contributed by atoms with van der Waals surface area (Å²) in [6, 6.07) is 12.3. The summed E-state index contributed by atoms with van der Waals surface area (Å²) in [5, 5.41) is 6.73. The molecule has 2 aromatic carbocycles. The number of rotatable bonds is 5. The van der Waals surface area contributed by atoms with Gasteiger partial charge < -0.3 is 5.32 Å². The van der Waals surface area contributed by atoms with Gasteiger partial charge in [0.15, 0.2) is 5.69 Å². The van der Waals surface area contributed by atoms with Crippen LogP contribution in [0.5, 0.6) is 0 Å². The average Bonchev–Trinajstić information content (AvgIpc) is 3.11. The van der Waals surface area contributed by atoms with Gasteiger partial charge in [-0.2, -0.15) is 18.3 Å². The minimum absolute atomic E-state index is 0.0244. The maximum absolute atomic E-state index is 13.7. The first-order chi connectivity index (χ1) is 13.3. The van der Waals surface area contributed by atoms with Crippen molar-refractivity contribution in [3.8, 4) is 11.3 Å². The summed E-state index contributed by atoms with van der Waals surface area (Å²) >= 11 is 0. The number of carbonyl (C=O) groups is 1. The zero-order valence-electron chi connectivity index (χ0n) is 14.9. The zero-order valence-corrected chi connectivity index (χ0v) is 14.9. The molecule has 0 fully saturated rings. The van der Waals surface area contributed by atoms with Crippen LogP contribution < -0.4 is 5.32 Å². The fraction of sp³-hybridized carbons (Fsp3) is 0.200. The van der Waals surface area contributed by atoms with Crippen LogP contribution in [0.1, 0.15) is 28.5 Å². The maximum atomic E-state index is 13.7. The number of amides is 1. The lowest BCUT2D eigenvalue weighted by Gasteiger charge is -2.09. The third-order valence-electron chi connectivity index (χ3n) is 4.20. The van der Waals surface area contributed by atoms with Crippen LogP contribution in [-0.4, -0.2) is 15.7 Å². The van der Waals surface area contributed by atoms with Crippen molar-refractivity contribution in [3.63, 3.8) is 0 Å². The predicted molar refractivity (Wildman–Crippen MR) is 95.9 cm³/mol. The number of halogens is 4. The second-order valence-electron chi connectivity index (χ2n) is 6.08. The molecular weight excluding hydrogens is 374 g/mol. The molecule has 0 aliphatic heterocycles. The number of nitrogens with one attached hydrogen (secondary N) is 1. The number of nitrogens with zero attached hydrogens (tertiary/aromatic N) is 2. The molecule has 0 atom stereocenters. The first-order valence-corrected chi connectivity index (χ1v) is 8.56. The van der Waals surface area contributed by atoms with Gasteiger partial charge in [-0.05, 0) is 31.2 Å². The van der Waals surface area contributed by atoms with Crippen molar-refractivity contribution in [1.82, 2.24) is 15.1 Å². The molecule has 0 saturated carbocycles. The Labute approximate surface area is 158 Å². The van der Waals surface area contributed by atoms with Crippen LogP contribution in [0.15, 0.2) is 54.6 Å². The lowest BCUT2D eigenvalue weighted by atomic mass is 10.1. The van der Waals surface area contributed by atoms with Crippen LogP contribution in [0.2, 0.25) is 0 Å². The van der Waals surface area contributed by atoms with Crippen LogP contribution in [0, 0.1) is 5.82 Å². The molecule has 0 radical (unpaired) electrons. The lowest BCUT2D eigenvalue weighted by molar-refractivity contribution is -0.137. The van der Waals surface area contributed by atoms with Crippen LogP contribution in [0.25, 0.3) is 11.3 Å². The summed E-state index contributed by atoms with van der Waals surface area (Å²) in [5.74, 6) is -0.977. The number of hydrogen-bond donors (Lipinski definition) is 1. The van der Waals surface area contributed by atoms with E-state index < -0.39 is 23.5 Å². The van der Waals surface area contributed by atoms with Gasteiger partial charge in [-0.25, -0.2) is 4.39 Å². The molecule has 1 heterocycles. The monoisotopic (exact) mass is 391 g/mol. The molecule has 0 spiro atoms. The molecule has 28 heavy (non-hydrogen) atoms. The number of carbonyl (C=O) groups excluding carboxylic acids is 1. The topological polar surface area (TPSA) is 46.9 Å². The number of alkyl halides is 3. The second kappa shape index (κ2) is 7.84. The van der Waals surface area contributed by atoms with Gasteiger partial charge in [-0.1, -0.05) is 30.3 Å². The van der Waals surface area contributed by atoms with E-state index in [0.717, 1.165) is 12.1 Å². The summed E-state index contributed by atoms with van der Waals surface area (Å²) in [6.45, 7) is 2.11. The highest BCUT2D eigenvalue weighted by Gasteiger charge is 2.30. The Balaban J connectivity index is 1.84. The molecule has 3 rings (SSSR count). The van der Waals surface area contributed by atoms with E-state index in [1.54, 1.807) is 25.1 Å². The molecular formula is C20H17F4N3O. The van der Waals surface area contributed by atoms with Gasteiger partial charge in [0.25, 0.3) is 5.91 Å². The molecule has 8 heteroatoms. The Kier molecular flexibility index (Phi) is 5.48. The van der Waals surface area contributed by atoms with E-state index >= 15 is 0 Å². The largest absolute Gasteiger partial charge is 0.416 e. The van der Waals surface area contributed by atoms with Crippen LogP contribution in [0.3, 0.4) is 0 Å². The number of aromatic nitrogens is 2. The van der Waals surface area contributed by atoms with Gasteiger partial charge in [0.2, 0.25) is 0 Å². The normalized spacial score (nSPS) is 11.5. The molecule has 4 nitrogen and oxygen atoms in total. The molecule has 0 unspecified atom stereocenters. The van der Waals surface area contributed by atoms with E-state index in [1.807, 2.05) is 0 Å². The van der Waals surface area contributed by atoms with E-state index in [1.165, 1.54) is 28.9 Å². The van der Waals surface area contributed by atoms with Crippen LogP contribution in [-0.2, 0) is 19.3 Å². The van der Waals surface area contributed by atoms with E-state index in [-0.39, 0.29) is 12.2 Å². The van der Waals surface area contributed by atoms with E-state index in [4.69, 9.17) is 0 Å². The predicted octanol–water partition coefficient (Wildman–Crippen LogP) is 4.66. The molecule has 1 aromatic heterocycles. The third-order valence-corrected chi connectivity index (χ3v) is 4.20. The van der Waals surface area contributed by atoms with Crippen molar-refractivity contribution >= 4 is 5.91 Å². The van der Waals surface area contributed by atoms with Gasteiger partial charge in [0, 0.05) is 24.2 Å². The van der Waals surface area contributed by atoms with E-state index in [2.05, 4.69) is 10.4 Å². The first kappa shape index (κ1) is 19.6. The Morgan fingerprint density at radius 3 is 2.54 bits per heavy atom. The van der Waals surface area contributed by atoms with Gasteiger partial charge in [-0.15, -0.1) is 0 Å². The molecule has 3 aromatic rings. The van der Waals surface area contributed by atoms with Crippen molar-refractivity contribution in [1.29, 1.82) is 0 Å². The van der Waals surface area contributed by atoms with E-state index in [9.17, 15) is 22.4 Å². The molecule has 1 N–H and O–H groups in total. The maximum Gasteiger partial charge on any atom is 0.416 e. The highest BCUT2D eigenvalue weighted by molar-refractivity contribution is 5.93. The lowest BCUT2D eigenvalue weighted by Crippen LogP contribution is -2.24. The molecule has 0 saturated heterocycles. The fourth-order valence-electron chi connectivity index (χ4n) is 2.76. The average molecular weight is 391 g/mol. The Morgan fingerprint density at radius 2 is 1.86 bits per heavy atom. The summed E-state index contributed by atoms with van der Waals surface area (Å²) in [6.07, 6.45) is -4.47. The second-order valence-corrected chi connectivity index (χ2v) is 6.08. The molecule has 0 bridgehead atoms. The summed E-state index contributed by atoms with van der Waals surface area (Å²) in [4.78, 5) is 12.4. The quantitative estimate of drug-likeness (QED) is 0.643. The van der Waals surface area contributed by atoms with Gasteiger partial charge in [0.05, 0.1) is 11.3 Å². The van der Waals surface area contributed by atoms with Crippen molar-refractivity contribution < 1.29 is 22.4 Å². The van der Waals surface area contributed by atoms with Crippen molar-refractivity contribution in [2.45, 2.75) is 26.2 Å². The highest BCUT2D eigenvalue weighted by Crippen LogP contribution is 2.32. The number of aryl methyl sites for hydroxylation is 1. The number of benzene rings is 2. The van der Waals surface area contributed by atoms with Crippen molar-refractivity contribution in [2.24, 2.45) is 0 Å². The molecule has 0 aliphatic carbocycles. The Morgan fingerprint density at radius 1 is 1.11 bits per heavy atom. The minimum atomic E-state index is -4.47. The summed E-state index contributed by atoms with van der Waals surface area (Å²) < 4.78 is 54.0. The summed E-state index contributed by atoms with van der Waals surface area (Å²) in [7, 11) is 0. The third kappa shape index (κ3) is 4.21. The molecule has 0 aliphatic rings. The van der Waals surface area contributed by atoms with E-state index in [0.29, 0.717) is 23.4 Å². The Hall–Kier alpha value is -3.16. The highest BCUT2D eigenvalue weighted by atomic mass is 19.4. The Bertz CT molecular complexity index is 995. The molecule has 1 amide bonds. The zero-order chi connectivity index (χ0) is 20.3. The first-order valence-electron chi connectivity index (χ1n) is 8.56. The fourth-order valence-corrected chi connectivity index (χ4v) is 2.76. The van der Waals surface area contributed by atoms with Crippen LogP contribution >= 0.6 is 0 Å². The number of hydrogen-bond acceptors (Lipinski definition) is 2. The SMILES string of the molecule is CCn1nc(C(=O)NCc2ccccc2F)cc1-c1cccc(C(F)(F)F)c1. The van der Waals surface area contributed by atoms with Crippen LogP contribution in [0.4, 0.5) is 17.6 Å². The minimum Gasteiger partial charge on any atom is -0.346 e. The summed E-state index contributed by atoms with van der Waals surface area (Å²) in [5.41, 5.74) is 0.288. The van der Waals surface area contributed by atoms with Gasteiger partial charge in [-0.3, -0.25) is 9.48 Å². The van der Waals surface area contributed by atoms with Crippen molar-refractivity contribution in [3.05, 3.63) is 77.2 Å². The van der Waals surface area contributed by atoms with Crippen molar-refractivity contribution in [2.75, 3.05) is 0 Å². The standard InChI is InChI=1S/C20H17F4N3O/c1-2-27-18(13-7-5-8-15(10-13)20(22,23)24)11-17(26-27)19(28)25-12-14-6-3-4-9-16(14)21/h3-11H,2,12H2,1H3,(H,25,28). The smallest absolute Gasteiger partial charge is 0.346 e. The van der Waals surface area contributed by atoms with Gasteiger partial charge in [0.1, 0.15) is 5.82 Å². The van der Waals surface area contributed by atoms with Gasteiger partial charge >= 0.3 is 6.18 Å².